The number of benzene rings is 1. The van der Waals surface area contributed by atoms with Gasteiger partial charge in [0.2, 0.25) is 0 Å². The lowest BCUT2D eigenvalue weighted by Gasteiger charge is -2.11. The third kappa shape index (κ3) is 5.73. The number of unbranched alkanes of at least 4 members (excludes halogenated alkanes) is 3. The van der Waals surface area contributed by atoms with E-state index in [0.717, 1.165) is 37.1 Å². The minimum atomic E-state index is -0.742. The van der Waals surface area contributed by atoms with Crippen molar-refractivity contribution in [2.24, 2.45) is 5.73 Å². The molecule has 0 aliphatic rings. The number of carboxylic acids is 1. The predicted molar refractivity (Wildman–Crippen MR) is 78.9 cm³/mol. The molecule has 0 fully saturated rings. The van der Waals surface area contributed by atoms with Crippen LogP contribution in [0.5, 0.6) is 0 Å². The van der Waals surface area contributed by atoms with Crippen LogP contribution in [0.3, 0.4) is 0 Å². The van der Waals surface area contributed by atoms with Crippen LogP contribution in [0.1, 0.15) is 48.0 Å². The van der Waals surface area contributed by atoms with E-state index in [-0.39, 0.29) is 6.42 Å². The number of carboxylic acid groups (broad SMARTS) is 1. The van der Waals surface area contributed by atoms with Crippen molar-refractivity contribution in [3.05, 3.63) is 29.3 Å². The normalized spacial score (nSPS) is 10.2. The Morgan fingerprint density at radius 3 is 2.55 bits per heavy atom. The molecule has 0 aromatic heterocycles. The van der Waals surface area contributed by atoms with Crippen molar-refractivity contribution in [1.82, 2.24) is 0 Å². The van der Waals surface area contributed by atoms with Crippen LogP contribution in [0.4, 0.5) is 5.69 Å². The fourth-order valence-electron chi connectivity index (χ4n) is 2.00. The van der Waals surface area contributed by atoms with Crippen LogP contribution in [-0.4, -0.2) is 23.5 Å². The molecular formula is C15H22N2O3. The molecule has 0 unspecified atom stereocenters. The highest BCUT2D eigenvalue weighted by molar-refractivity contribution is 5.98. The van der Waals surface area contributed by atoms with Gasteiger partial charge in [-0.2, -0.15) is 0 Å². The van der Waals surface area contributed by atoms with E-state index in [9.17, 15) is 9.59 Å². The molecular weight excluding hydrogens is 256 g/mol. The molecule has 1 aromatic carbocycles. The number of hydrogen-bond acceptors (Lipinski definition) is 3. The van der Waals surface area contributed by atoms with E-state index < -0.39 is 11.9 Å². The number of carbonyl (C=O) groups is 2. The number of rotatable bonds is 9. The number of nitrogens with two attached hydrogens (primary N) is 1. The fraction of sp³-hybridized carbons (Fsp3) is 0.467. The third-order valence-electron chi connectivity index (χ3n) is 3.07. The Labute approximate surface area is 119 Å². The van der Waals surface area contributed by atoms with E-state index in [4.69, 9.17) is 10.8 Å². The maximum Gasteiger partial charge on any atom is 0.303 e. The number of carbonyl (C=O) groups excluding carboxylic acids is 1. The number of aryl methyl sites for hydroxylation is 1. The van der Waals surface area contributed by atoms with Crippen LogP contribution in [0.2, 0.25) is 0 Å². The van der Waals surface area contributed by atoms with Gasteiger partial charge in [0.25, 0.3) is 5.91 Å². The summed E-state index contributed by atoms with van der Waals surface area (Å²) in [7, 11) is 0. The van der Waals surface area contributed by atoms with E-state index in [1.807, 2.05) is 19.1 Å². The molecule has 0 bridgehead atoms. The predicted octanol–water partition coefficient (Wildman–Crippen LogP) is 2.54. The van der Waals surface area contributed by atoms with Gasteiger partial charge in [-0.15, -0.1) is 0 Å². The zero-order valence-corrected chi connectivity index (χ0v) is 11.8. The van der Waals surface area contributed by atoms with Crippen molar-refractivity contribution < 1.29 is 14.7 Å². The Bertz CT molecular complexity index is 472. The molecule has 5 heteroatoms. The van der Waals surface area contributed by atoms with Crippen molar-refractivity contribution in [2.45, 2.75) is 39.0 Å². The molecule has 0 aliphatic carbocycles. The lowest BCUT2D eigenvalue weighted by atomic mass is 10.1. The first-order valence-electron chi connectivity index (χ1n) is 6.87. The van der Waals surface area contributed by atoms with E-state index in [2.05, 4.69) is 5.32 Å². The summed E-state index contributed by atoms with van der Waals surface area (Å²) in [5.74, 6) is -1.18. The summed E-state index contributed by atoms with van der Waals surface area (Å²) in [4.78, 5) is 21.6. The molecule has 20 heavy (non-hydrogen) atoms. The summed E-state index contributed by atoms with van der Waals surface area (Å²) in [5.41, 5.74) is 7.66. The van der Waals surface area contributed by atoms with Crippen LogP contribution in [0, 0.1) is 6.92 Å². The zero-order chi connectivity index (χ0) is 15.0. The second-order valence-corrected chi connectivity index (χ2v) is 4.90. The van der Waals surface area contributed by atoms with Gasteiger partial charge in [-0.3, -0.25) is 9.59 Å². The van der Waals surface area contributed by atoms with Gasteiger partial charge in [-0.1, -0.05) is 18.9 Å². The van der Waals surface area contributed by atoms with Crippen LogP contribution >= 0.6 is 0 Å². The maximum atomic E-state index is 11.3. The average Bonchev–Trinajstić information content (AvgIpc) is 2.37. The van der Waals surface area contributed by atoms with Gasteiger partial charge in [-0.05, 0) is 37.5 Å². The fourth-order valence-corrected chi connectivity index (χ4v) is 2.00. The first-order valence-corrected chi connectivity index (χ1v) is 6.87. The summed E-state index contributed by atoms with van der Waals surface area (Å²) < 4.78 is 0. The smallest absolute Gasteiger partial charge is 0.303 e. The second-order valence-electron chi connectivity index (χ2n) is 4.90. The van der Waals surface area contributed by atoms with Crippen LogP contribution in [0.15, 0.2) is 18.2 Å². The van der Waals surface area contributed by atoms with E-state index >= 15 is 0 Å². The minimum absolute atomic E-state index is 0.233. The number of amides is 1. The molecule has 4 N–H and O–H groups in total. The minimum Gasteiger partial charge on any atom is -0.481 e. The Morgan fingerprint density at radius 2 is 1.90 bits per heavy atom. The number of anilines is 1. The summed E-state index contributed by atoms with van der Waals surface area (Å²) in [6.45, 7) is 2.71. The molecule has 0 spiro atoms. The van der Waals surface area contributed by atoms with Gasteiger partial charge in [0.05, 0.1) is 5.56 Å². The zero-order valence-electron chi connectivity index (χ0n) is 11.8. The molecule has 0 heterocycles. The SMILES string of the molecule is Cc1ccc(C(N)=O)c(NCCCCCCC(=O)O)c1. The highest BCUT2D eigenvalue weighted by atomic mass is 16.4. The van der Waals surface area contributed by atoms with E-state index in [1.165, 1.54) is 0 Å². The van der Waals surface area contributed by atoms with Gasteiger partial charge >= 0.3 is 5.97 Å². The second kappa shape index (κ2) is 8.19. The van der Waals surface area contributed by atoms with Crippen molar-refractivity contribution in [3.63, 3.8) is 0 Å². The standard InChI is InChI=1S/C15H22N2O3/c1-11-7-8-12(15(16)20)13(10-11)17-9-5-3-2-4-6-14(18)19/h7-8,10,17H,2-6,9H2,1H3,(H2,16,20)(H,18,19). The Balaban J connectivity index is 2.33. The molecule has 5 nitrogen and oxygen atoms in total. The maximum absolute atomic E-state index is 11.3. The molecule has 0 radical (unpaired) electrons. The summed E-state index contributed by atoms with van der Waals surface area (Å²) in [6, 6.07) is 5.49. The Hall–Kier alpha value is -2.04. The van der Waals surface area contributed by atoms with Crippen molar-refractivity contribution >= 4 is 17.6 Å². The molecule has 1 amide bonds. The van der Waals surface area contributed by atoms with Crippen molar-refractivity contribution in [2.75, 3.05) is 11.9 Å². The molecule has 0 saturated carbocycles. The highest BCUT2D eigenvalue weighted by Gasteiger charge is 2.07. The molecule has 1 rings (SSSR count). The largest absolute Gasteiger partial charge is 0.481 e. The number of aliphatic carboxylic acids is 1. The summed E-state index contributed by atoms with van der Waals surface area (Å²) in [6.07, 6.45) is 3.76. The quantitative estimate of drug-likeness (QED) is 0.605. The van der Waals surface area contributed by atoms with Gasteiger partial charge in [-0.25, -0.2) is 0 Å². The Morgan fingerprint density at radius 1 is 1.20 bits per heavy atom. The first kappa shape index (κ1) is 16.0. The van der Waals surface area contributed by atoms with Crippen molar-refractivity contribution in [3.8, 4) is 0 Å². The molecule has 0 aliphatic heterocycles. The number of primary amides is 1. The molecule has 1 aromatic rings. The average molecular weight is 278 g/mol. The number of nitrogens with one attached hydrogen (secondary N) is 1. The Kier molecular flexibility index (Phi) is 6.56. The van der Waals surface area contributed by atoms with Crippen molar-refractivity contribution in [1.29, 1.82) is 0 Å². The van der Waals surface area contributed by atoms with Crippen LogP contribution in [-0.2, 0) is 4.79 Å². The monoisotopic (exact) mass is 278 g/mol. The topological polar surface area (TPSA) is 92.4 Å². The lowest BCUT2D eigenvalue weighted by molar-refractivity contribution is -0.137. The van der Waals surface area contributed by atoms with Gasteiger partial charge in [0.1, 0.15) is 0 Å². The summed E-state index contributed by atoms with van der Waals surface area (Å²) >= 11 is 0. The van der Waals surface area contributed by atoms with Gasteiger partial charge < -0.3 is 16.2 Å². The first-order chi connectivity index (χ1) is 9.50. The van der Waals surface area contributed by atoms with Crippen LogP contribution < -0.4 is 11.1 Å². The molecule has 0 atom stereocenters. The third-order valence-corrected chi connectivity index (χ3v) is 3.07. The summed E-state index contributed by atoms with van der Waals surface area (Å²) in [5, 5.41) is 11.7. The van der Waals surface area contributed by atoms with Crippen LogP contribution in [0.25, 0.3) is 0 Å². The number of hydrogen-bond donors (Lipinski definition) is 3. The van der Waals surface area contributed by atoms with Gasteiger partial charge in [0.15, 0.2) is 0 Å². The molecule has 0 saturated heterocycles. The lowest BCUT2D eigenvalue weighted by Crippen LogP contribution is -2.15. The van der Waals surface area contributed by atoms with Gasteiger partial charge in [0, 0.05) is 18.7 Å². The van der Waals surface area contributed by atoms with E-state index in [0.29, 0.717) is 12.0 Å². The highest BCUT2D eigenvalue weighted by Crippen LogP contribution is 2.17. The molecule has 110 valence electrons. The van der Waals surface area contributed by atoms with E-state index in [1.54, 1.807) is 6.07 Å².